The van der Waals surface area contributed by atoms with Gasteiger partial charge in [0.1, 0.15) is 5.75 Å². The van der Waals surface area contributed by atoms with Gasteiger partial charge >= 0.3 is 0 Å². The molecule has 0 saturated heterocycles. The van der Waals surface area contributed by atoms with Crippen LogP contribution >= 0.6 is 31.9 Å². The Morgan fingerprint density at radius 3 is 2.60 bits per heavy atom. The minimum absolute atomic E-state index is 0.864. The first-order chi connectivity index (χ1) is 7.27. The maximum absolute atomic E-state index is 5.27. The third kappa shape index (κ3) is 1.91. The Hall–Kier alpha value is -0.540. The first kappa shape index (κ1) is 11.0. The topological polar surface area (TPSA) is 9.23 Å². The molecule has 0 spiro atoms. The molecule has 2 aromatic rings. The van der Waals surface area contributed by atoms with E-state index in [0.717, 1.165) is 15.6 Å². The van der Waals surface area contributed by atoms with Crippen LogP contribution in [0.1, 0.15) is 5.56 Å². The first-order valence-electron chi connectivity index (χ1n) is 4.58. The van der Waals surface area contributed by atoms with Crippen LogP contribution in [0, 0.1) is 0 Å². The van der Waals surface area contributed by atoms with Gasteiger partial charge in [-0.05, 0) is 38.3 Å². The van der Waals surface area contributed by atoms with Gasteiger partial charge in [-0.2, -0.15) is 0 Å². The molecular formula is C12H10Br2O. The van der Waals surface area contributed by atoms with Crippen LogP contribution in [-0.2, 0) is 5.33 Å². The van der Waals surface area contributed by atoms with Gasteiger partial charge in [-0.15, -0.1) is 0 Å². The molecule has 0 radical (unpaired) electrons. The Labute approximate surface area is 106 Å². The lowest BCUT2D eigenvalue weighted by Crippen LogP contribution is -1.87. The minimum atomic E-state index is 0.864. The zero-order valence-corrected chi connectivity index (χ0v) is 11.4. The molecule has 3 heteroatoms. The first-order valence-corrected chi connectivity index (χ1v) is 6.49. The number of halogens is 2. The summed E-state index contributed by atoms with van der Waals surface area (Å²) in [4.78, 5) is 0. The van der Waals surface area contributed by atoms with Crippen molar-refractivity contribution in [1.29, 1.82) is 0 Å². The highest BCUT2D eigenvalue weighted by Gasteiger charge is 2.07. The number of hydrogen-bond donors (Lipinski definition) is 0. The van der Waals surface area contributed by atoms with Gasteiger partial charge < -0.3 is 4.74 Å². The van der Waals surface area contributed by atoms with Crippen molar-refractivity contribution in [1.82, 2.24) is 0 Å². The average Bonchev–Trinajstić information content (AvgIpc) is 2.29. The third-order valence-corrected chi connectivity index (χ3v) is 3.84. The van der Waals surface area contributed by atoms with Crippen molar-refractivity contribution in [2.45, 2.75) is 5.33 Å². The summed E-state index contributed by atoms with van der Waals surface area (Å²) in [5.74, 6) is 0.870. The fourth-order valence-electron chi connectivity index (χ4n) is 1.64. The number of alkyl halides is 1. The van der Waals surface area contributed by atoms with Crippen LogP contribution in [-0.4, -0.2) is 7.11 Å². The molecule has 0 aliphatic rings. The van der Waals surface area contributed by atoms with Crippen molar-refractivity contribution in [2.24, 2.45) is 0 Å². The molecule has 0 aliphatic carbocycles. The maximum Gasteiger partial charge on any atom is 0.133 e. The van der Waals surface area contributed by atoms with E-state index in [1.807, 2.05) is 6.07 Å². The van der Waals surface area contributed by atoms with Crippen molar-refractivity contribution >= 4 is 42.6 Å². The third-order valence-electron chi connectivity index (χ3n) is 2.41. The summed E-state index contributed by atoms with van der Waals surface area (Å²) in [6, 6.07) is 10.3. The SMILES string of the molecule is COc1ccc2c(CBr)cccc2c1Br. The van der Waals surface area contributed by atoms with Crippen molar-refractivity contribution in [3.8, 4) is 5.75 Å². The minimum Gasteiger partial charge on any atom is -0.496 e. The second kappa shape index (κ2) is 4.54. The van der Waals surface area contributed by atoms with E-state index in [2.05, 4.69) is 56.1 Å². The summed E-state index contributed by atoms with van der Waals surface area (Å²) in [5.41, 5.74) is 1.29. The predicted molar refractivity (Wildman–Crippen MR) is 70.8 cm³/mol. The van der Waals surface area contributed by atoms with Gasteiger partial charge in [0.05, 0.1) is 11.6 Å². The second-order valence-electron chi connectivity index (χ2n) is 3.23. The van der Waals surface area contributed by atoms with E-state index in [1.165, 1.54) is 16.3 Å². The van der Waals surface area contributed by atoms with Crippen LogP contribution in [0.5, 0.6) is 5.75 Å². The molecule has 0 heterocycles. The molecule has 15 heavy (non-hydrogen) atoms. The van der Waals surface area contributed by atoms with Crippen LogP contribution < -0.4 is 4.74 Å². The Morgan fingerprint density at radius 2 is 1.93 bits per heavy atom. The van der Waals surface area contributed by atoms with Crippen molar-refractivity contribution in [2.75, 3.05) is 7.11 Å². The smallest absolute Gasteiger partial charge is 0.133 e. The number of hydrogen-bond acceptors (Lipinski definition) is 1. The molecule has 0 aliphatic heterocycles. The predicted octanol–water partition coefficient (Wildman–Crippen LogP) is 4.51. The van der Waals surface area contributed by atoms with Gasteiger partial charge in [0.25, 0.3) is 0 Å². The van der Waals surface area contributed by atoms with Crippen LogP contribution in [0.4, 0.5) is 0 Å². The highest BCUT2D eigenvalue weighted by atomic mass is 79.9. The molecule has 78 valence electrons. The fraction of sp³-hybridized carbons (Fsp3) is 0.167. The van der Waals surface area contributed by atoms with Crippen LogP contribution in [0.15, 0.2) is 34.8 Å². The van der Waals surface area contributed by atoms with Crippen molar-refractivity contribution in [3.63, 3.8) is 0 Å². The summed E-state index contributed by atoms with van der Waals surface area (Å²) in [6.07, 6.45) is 0. The molecule has 2 aromatic carbocycles. The fourth-order valence-corrected chi connectivity index (χ4v) is 2.77. The molecule has 0 N–H and O–H groups in total. The molecule has 1 nitrogen and oxygen atoms in total. The van der Waals surface area contributed by atoms with Crippen LogP contribution in [0.2, 0.25) is 0 Å². The van der Waals surface area contributed by atoms with E-state index in [1.54, 1.807) is 7.11 Å². The van der Waals surface area contributed by atoms with E-state index in [0.29, 0.717) is 0 Å². The zero-order valence-electron chi connectivity index (χ0n) is 8.26. The van der Waals surface area contributed by atoms with Gasteiger partial charge in [0, 0.05) is 5.33 Å². The molecule has 0 unspecified atom stereocenters. The van der Waals surface area contributed by atoms with Gasteiger partial charge in [-0.1, -0.05) is 40.2 Å². The van der Waals surface area contributed by atoms with Crippen LogP contribution in [0.3, 0.4) is 0 Å². The number of ether oxygens (including phenoxy) is 1. The molecule has 0 aromatic heterocycles. The standard InChI is InChI=1S/C12H10Br2O/c1-15-11-6-5-9-8(7-13)3-2-4-10(9)12(11)14/h2-6H,7H2,1H3. The van der Waals surface area contributed by atoms with E-state index < -0.39 is 0 Å². The highest BCUT2D eigenvalue weighted by molar-refractivity contribution is 9.10. The quantitative estimate of drug-likeness (QED) is 0.737. The van der Waals surface area contributed by atoms with Gasteiger partial charge in [-0.25, -0.2) is 0 Å². The van der Waals surface area contributed by atoms with Gasteiger partial charge in [-0.3, -0.25) is 0 Å². The molecule has 0 atom stereocenters. The number of fused-ring (bicyclic) bond motifs is 1. The normalized spacial score (nSPS) is 10.6. The summed E-state index contributed by atoms with van der Waals surface area (Å²) >= 11 is 7.06. The molecule has 2 rings (SSSR count). The lowest BCUT2D eigenvalue weighted by Gasteiger charge is -2.09. The maximum atomic E-state index is 5.27. The summed E-state index contributed by atoms with van der Waals surface area (Å²) in [5, 5.41) is 3.30. The van der Waals surface area contributed by atoms with Gasteiger partial charge in [0.2, 0.25) is 0 Å². The molecule has 0 amide bonds. The largest absolute Gasteiger partial charge is 0.496 e. The summed E-state index contributed by atoms with van der Waals surface area (Å²) in [6.45, 7) is 0. The average molecular weight is 330 g/mol. The molecule has 0 bridgehead atoms. The highest BCUT2D eigenvalue weighted by Crippen LogP contribution is 2.34. The van der Waals surface area contributed by atoms with E-state index in [4.69, 9.17) is 4.74 Å². The monoisotopic (exact) mass is 328 g/mol. The van der Waals surface area contributed by atoms with E-state index in [9.17, 15) is 0 Å². The molecular weight excluding hydrogens is 320 g/mol. The lowest BCUT2D eigenvalue weighted by atomic mass is 10.1. The van der Waals surface area contributed by atoms with E-state index in [-0.39, 0.29) is 0 Å². The number of benzene rings is 2. The van der Waals surface area contributed by atoms with E-state index >= 15 is 0 Å². The van der Waals surface area contributed by atoms with Crippen molar-refractivity contribution in [3.05, 3.63) is 40.4 Å². The molecule has 0 fully saturated rings. The van der Waals surface area contributed by atoms with Crippen molar-refractivity contribution < 1.29 is 4.74 Å². The summed E-state index contributed by atoms with van der Waals surface area (Å²) in [7, 11) is 1.68. The second-order valence-corrected chi connectivity index (χ2v) is 4.58. The molecule has 0 saturated carbocycles. The Kier molecular flexibility index (Phi) is 3.32. The number of rotatable bonds is 2. The Bertz CT molecular complexity index is 494. The van der Waals surface area contributed by atoms with Gasteiger partial charge in [0.15, 0.2) is 0 Å². The summed E-state index contributed by atoms with van der Waals surface area (Å²) < 4.78 is 6.29. The Balaban J connectivity index is 2.78. The number of methoxy groups -OCH3 is 1. The zero-order chi connectivity index (χ0) is 10.8. The Morgan fingerprint density at radius 1 is 1.13 bits per heavy atom. The van der Waals surface area contributed by atoms with Crippen LogP contribution in [0.25, 0.3) is 10.8 Å². The lowest BCUT2D eigenvalue weighted by molar-refractivity contribution is 0.413.